The number of ether oxygens (including phenoxy) is 3. The zero-order chi connectivity index (χ0) is 22.6. The second kappa shape index (κ2) is 9.84. The summed E-state index contributed by atoms with van der Waals surface area (Å²) in [7, 11) is 0. The molecule has 2 aliphatic heterocycles. The summed E-state index contributed by atoms with van der Waals surface area (Å²) >= 11 is 0. The van der Waals surface area contributed by atoms with E-state index >= 15 is 0 Å². The summed E-state index contributed by atoms with van der Waals surface area (Å²) < 4.78 is 16.2. The van der Waals surface area contributed by atoms with E-state index in [-0.39, 0.29) is 18.0 Å². The normalized spacial score (nSPS) is 22.0. The third kappa shape index (κ3) is 5.87. The van der Waals surface area contributed by atoms with Gasteiger partial charge in [-0.2, -0.15) is 0 Å². The Labute approximate surface area is 183 Å². The number of amides is 2. The Balaban J connectivity index is 1.58. The lowest BCUT2D eigenvalue weighted by atomic mass is 10.1. The predicted octanol–water partition coefficient (Wildman–Crippen LogP) is 1.90. The molecule has 2 heterocycles. The molecule has 2 saturated heterocycles. The van der Waals surface area contributed by atoms with Gasteiger partial charge in [0.15, 0.2) is 0 Å². The van der Waals surface area contributed by atoms with Crippen LogP contribution in [0.4, 0.5) is 10.5 Å². The number of hydrogen-bond acceptors (Lipinski definition) is 7. The van der Waals surface area contributed by atoms with Crippen LogP contribution in [0.2, 0.25) is 0 Å². The molecule has 0 saturated carbocycles. The van der Waals surface area contributed by atoms with Gasteiger partial charge in [-0.05, 0) is 52.0 Å². The Morgan fingerprint density at radius 1 is 1.10 bits per heavy atom. The quantitative estimate of drug-likeness (QED) is 0.755. The van der Waals surface area contributed by atoms with Crippen molar-refractivity contribution < 1.29 is 28.9 Å². The van der Waals surface area contributed by atoms with Gasteiger partial charge in [-0.15, -0.1) is 0 Å². The second-order valence-corrected chi connectivity index (χ2v) is 8.69. The van der Waals surface area contributed by atoms with E-state index in [0.29, 0.717) is 51.6 Å². The molecule has 9 nitrogen and oxygen atoms in total. The van der Waals surface area contributed by atoms with E-state index < -0.39 is 12.0 Å². The van der Waals surface area contributed by atoms with Gasteiger partial charge in [0.05, 0.1) is 19.3 Å². The Kier molecular flexibility index (Phi) is 7.40. The van der Waals surface area contributed by atoms with Crippen LogP contribution in [0.1, 0.15) is 38.1 Å². The van der Waals surface area contributed by atoms with Crippen LogP contribution < -0.4 is 4.90 Å². The number of rotatable bonds is 5. The summed E-state index contributed by atoms with van der Waals surface area (Å²) in [5, 5.41) is 10.2. The van der Waals surface area contributed by atoms with Gasteiger partial charge in [0.1, 0.15) is 5.60 Å². The summed E-state index contributed by atoms with van der Waals surface area (Å²) in [5.41, 5.74) is 0.785. The highest BCUT2D eigenvalue weighted by molar-refractivity contribution is 5.94. The maximum atomic E-state index is 12.9. The fourth-order valence-corrected chi connectivity index (χ4v) is 3.64. The molecular formula is C22H33N3O6. The monoisotopic (exact) mass is 435 g/mol. The van der Waals surface area contributed by atoms with Crippen molar-refractivity contribution in [2.24, 2.45) is 0 Å². The molecule has 1 unspecified atom stereocenters. The van der Waals surface area contributed by atoms with E-state index in [2.05, 4.69) is 0 Å². The second-order valence-electron chi connectivity index (χ2n) is 8.69. The molecule has 0 spiro atoms. The molecule has 2 aliphatic rings. The predicted molar refractivity (Wildman–Crippen MR) is 115 cm³/mol. The third-order valence-electron chi connectivity index (χ3n) is 5.21. The lowest BCUT2D eigenvalue weighted by Crippen LogP contribution is -2.51. The van der Waals surface area contributed by atoms with Crippen LogP contribution in [-0.4, -0.2) is 91.0 Å². The number of aliphatic hydroxyl groups excluding tert-OH is 1. The zero-order valence-electron chi connectivity index (χ0n) is 18.7. The minimum absolute atomic E-state index is 0.0838. The lowest BCUT2D eigenvalue weighted by Gasteiger charge is -2.35. The largest absolute Gasteiger partial charge is 0.444 e. The number of piperazine rings is 1. The van der Waals surface area contributed by atoms with Gasteiger partial charge in [0.2, 0.25) is 6.41 Å². The molecule has 0 aliphatic carbocycles. The first kappa shape index (κ1) is 23.3. The van der Waals surface area contributed by atoms with Gasteiger partial charge in [-0.25, -0.2) is 4.79 Å². The fraction of sp³-hybridized carbons (Fsp3) is 0.636. The highest BCUT2D eigenvalue weighted by Crippen LogP contribution is 2.26. The highest BCUT2D eigenvalue weighted by Gasteiger charge is 2.34. The van der Waals surface area contributed by atoms with Crippen LogP contribution in [0.25, 0.3) is 0 Å². The van der Waals surface area contributed by atoms with Crippen LogP contribution in [0.3, 0.4) is 0 Å². The highest BCUT2D eigenvalue weighted by atomic mass is 16.6. The van der Waals surface area contributed by atoms with Gasteiger partial charge in [-0.1, -0.05) is 0 Å². The molecular weight excluding hydrogens is 402 g/mol. The topological polar surface area (TPSA) is 91.8 Å². The van der Waals surface area contributed by atoms with Gasteiger partial charge in [0, 0.05) is 44.0 Å². The summed E-state index contributed by atoms with van der Waals surface area (Å²) in [6.45, 7) is 10.6. The van der Waals surface area contributed by atoms with Crippen molar-refractivity contribution in [3.8, 4) is 0 Å². The molecule has 31 heavy (non-hydrogen) atoms. The van der Waals surface area contributed by atoms with Crippen molar-refractivity contribution in [3.05, 3.63) is 29.8 Å². The SMILES string of the molecule is CCOC[C@@H]1COC(O)N1c1ccc(C(=O)N2CCN(C(=O)OC(C)(C)C)CC2)cc1. The number of carbonyl (C=O) groups is 2. The lowest BCUT2D eigenvalue weighted by molar-refractivity contribution is -0.0576. The zero-order valence-corrected chi connectivity index (χ0v) is 18.7. The van der Waals surface area contributed by atoms with E-state index in [1.54, 1.807) is 39.0 Å². The summed E-state index contributed by atoms with van der Waals surface area (Å²) in [5.74, 6) is -0.0838. The molecule has 2 amide bonds. The summed E-state index contributed by atoms with van der Waals surface area (Å²) in [4.78, 5) is 30.2. The van der Waals surface area contributed by atoms with Crippen LogP contribution >= 0.6 is 0 Å². The Hall–Kier alpha value is -2.36. The first-order valence-electron chi connectivity index (χ1n) is 10.7. The Morgan fingerprint density at radius 2 is 1.71 bits per heavy atom. The Morgan fingerprint density at radius 3 is 2.29 bits per heavy atom. The van der Waals surface area contributed by atoms with Crippen molar-refractivity contribution >= 4 is 17.7 Å². The molecule has 2 atom stereocenters. The van der Waals surface area contributed by atoms with Crippen molar-refractivity contribution in [1.29, 1.82) is 0 Å². The number of benzene rings is 1. The van der Waals surface area contributed by atoms with E-state index in [9.17, 15) is 14.7 Å². The number of hydrogen-bond donors (Lipinski definition) is 1. The van der Waals surface area contributed by atoms with E-state index in [4.69, 9.17) is 14.2 Å². The standard InChI is InChI=1S/C22H33N3O6/c1-5-29-14-18-15-30-21(28)25(18)17-8-6-16(7-9-17)19(26)23-10-12-24(13-11-23)20(27)31-22(2,3)4/h6-9,18,21,28H,5,10-15H2,1-4H3/t18-,21?/m1/s1. The Bertz CT molecular complexity index is 756. The number of anilines is 1. The molecule has 0 bridgehead atoms. The van der Waals surface area contributed by atoms with Gasteiger partial charge in [0.25, 0.3) is 5.91 Å². The molecule has 1 aromatic rings. The van der Waals surface area contributed by atoms with Crippen LogP contribution in [-0.2, 0) is 14.2 Å². The summed E-state index contributed by atoms with van der Waals surface area (Å²) in [6.07, 6.45) is -1.38. The maximum Gasteiger partial charge on any atom is 0.410 e. The average Bonchev–Trinajstić information content (AvgIpc) is 3.11. The van der Waals surface area contributed by atoms with Crippen LogP contribution in [0.15, 0.2) is 24.3 Å². The molecule has 0 aromatic heterocycles. The third-order valence-corrected chi connectivity index (χ3v) is 5.21. The van der Waals surface area contributed by atoms with Crippen molar-refractivity contribution in [2.75, 3.05) is 50.9 Å². The fourth-order valence-electron chi connectivity index (χ4n) is 3.64. The van der Waals surface area contributed by atoms with Crippen LogP contribution in [0.5, 0.6) is 0 Å². The van der Waals surface area contributed by atoms with E-state index in [1.807, 2.05) is 27.7 Å². The van der Waals surface area contributed by atoms with Crippen molar-refractivity contribution in [1.82, 2.24) is 9.80 Å². The molecule has 172 valence electrons. The first-order chi connectivity index (χ1) is 14.7. The minimum atomic E-state index is -1.03. The number of nitrogens with zero attached hydrogens (tertiary/aromatic N) is 3. The maximum absolute atomic E-state index is 12.9. The molecule has 0 radical (unpaired) electrons. The number of carbonyl (C=O) groups excluding carboxylic acids is 2. The van der Waals surface area contributed by atoms with Gasteiger partial charge in [-0.3, -0.25) is 4.79 Å². The molecule has 3 rings (SSSR count). The van der Waals surface area contributed by atoms with E-state index in [0.717, 1.165) is 5.69 Å². The van der Waals surface area contributed by atoms with Gasteiger partial charge >= 0.3 is 6.09 Å². The molecule has 1 N–H and O–H groups in total. The van der Waals surface area contributed by atoms with Crippen molar-refractivity contribution in [3.63, 3.8) is 0 Å². The molecule has 9 heteroatoms. The molecule has 2 fully saturated rings. The molecule has 1 aromatic carbocycles. The van der Waals surface area contributed by atoms with Crippen molar-refractivity contribution in [2.45, 2.75) is 45.8 Å². The minimum Gasteiger partial charge on any atom is -0.444 e. The summed E-state index contributed by atoms with van der Waals surface area (Å²) in [6, 6.07) is 7.03. The average molecular weight is 436 g/mol. The van der Waals surface area contributed by atoms with Gasteiger partial charge < -0.3 is 34.0 Å². The smallest absolute Gasteiger partial charge is 0.410 e. The first-order valence-corrected chi connectivity index (χ1v) is 10.7. The number of aliphatic hydroxyl groups is 1. The van der Waals surface area contributed by atoms with Crippen LogP contribution in [0, 0.1) is 0 Å². The van der Waals surface area contributed by atoms with E-state index in [1.165, 1.54) is 0 Å².